The summed E-state index contributed by atoms with van der Waals surface area (Å²) in [6.45, 7) is 8.28. The van der Waals surface area contributed by atoms with E-state index in [1.54, 1.807) is 0 Å². The molecule has 0 bridgehead atoms. The fraction of sp³-hybridized carbons (Fsp3) is 0.700. The van der Waals surface area contributed by atoms with E-state index in [-0.39, 0.29) is 35.2 Å². The predicted molar refractivity (Wildman–Crippen MR) is 93.3 cm³/mol. The van der Waals surface area contributed by atoms with Gasteiger partial charge in [-0.1, -0.05) is 33.8 Å². The lowest BCUT2D eigenvalue weighted by Crippen LogP contribution is -2.58. The Kier molecular flexibility index (Phi) is 4.12. The summed E-state index contributed by atoms with van der Waals surface area (Å²) in [5.74, 6) is -0.141. The molecular formula is C20H30O4. The van der Waals surface area contributed by atoms with Crippen molar-refractivity contribution in [1.29, 1.82) is 0 Å². The molecule has 1 aromatic carbocycles. The van der Waals surface area contributed by atoms with Crippen molar-refractivity contribution < 1.29 is 20.4 Å². The van der Waals surface area contributed by atoms with Crippen molar-refractivity contribution >= 4 is 0 Å². The molecule has 0 aliphatic heterocycles. The van der Waals surface area contributed by atoms with Crippen molar-refractivity contribution in [2.45, 2.75) is 77.4 Å². The van der Waals surface area contributed by atoms with E-state index in [1.165, 1.54) is 0 Å². The lowest BCUT2D eigenvalue weighted by atomic mass is 9.58. The van der Waals surface area contributed by atoms with Crippen LogP contribution >= 0.6 is 0 Å². The maximum Gasteiger partial charge on any atom is 0.161 e. The summed E-state index contributed by atoms with van der Waals surface area (Å²) >= 11 is 0. The highest BCUT2D eigenvalue weighted by atomic mass is 16.3. The number of phenols is 2. The number of aliphatic hydroxyl groups is 2. The number of hydrogen-bond donors (Lipinski definition) is 4. The van der Waals surface area contributed by atoms with Gasteiger partial charge < -0.3 is 20.4 Å². The fourth-order valence-corrected chi connectivity index (χ4v) is 4.94. The van der Waals surface area contributed by atoms with E-state index in [4.69, 9.17) is 0 Å². The van der Waals surface area contributed by atoms with Crippen LogP contribution < -0.4 is 0 Å². The second-order valence-electron chi connectivity index (χ2n) is 8.76. The van der Waals surface area contributed by atoms with E-state index in [2.05, 4.69) is 13.8 Å². The van der Waals surface area contributed by atoms with Gasteiger partial charge in [0, 0.05) is 17.5 Å². The first kappa shape index (κ1) is 17.6. The minimum atomic E-state index is -1.25. The highest BCUT2D eigenvalue weighted by molar-refractivity contribution is 5.56. The molecule has 0 heterocycles. The van der Waals surface area contributed by atoms with E-state index >= 15 is 0 Å². The molecule has 0 aromatic heterocycles. The molecule has 1 fully saturated rings. The molecule has 1 saturated carbocycles. The van der Waals surface area contributed by atoms with Gasteiger partial charge in [-0.05, 0) is 48.5 Å². The number of aliphatic hydroxyl groups excluding tert-OH is 1. The molecule has 134 valence electrons. The number of rotatable bonds is 1. The molecule has 2 aliphatic rings. The summed E-state index contributed by atoms with van der Waals surface area (Å²) in [4.78, 5) is 0. The van der Waals surface area contributed by atoms with Crippen LogP contribution in [0.5, 0.6) is 11.5 Å². The largest absolute Gasteiger partial charge is 0.504 e. The van der Waals surface area contributed by atoms with Gasteiger partial charge in [0.2, 0.25) is 0 Å². The van der Waals surface area contributed by atoms with Crippen LogP contribution in [0.1, 0.15) is 69.6 Å². The first-order valence-corrected chi connectivity index (χ1v) is 9.05. The first-order chi connectivity index (χ1) is 11.1. The molecule has 0 spiro atoms. The Morgan fingerprint density at radius 2 is 1.79 bits per heavy atom. The van der Waals surface area contributed by atoms with Gasteiger partial charge in [-0.3, -0.25) is 0 Å². The van der Waals surface area contributed by atoms with Gasteiger partial charge in [-0.15, -0.1) is 0 Å². The molecule has 4 heteroatoms. The standard InChI is InChI=1S/C20H30O4/c1-11(2)13-9-12-5-6-15-19(3,4)8-7-16(21)20(15,24)10-14(12)18(23)17(13)22/h9,11,15-16,21-24H,5-8,10H2,1-4H3/t15-,16-,20-/m0/s1. The van der Waals surface area contributed by atoms with Gasteiger partial charge in [0.15, 0.2) is 11.5 Å². The van der Waals surface area contributed by atoms with Crippen LogP contribution in [-0.2, 0) is 12.8 Å². The quantitative estimate of drug-likeness (QED) is 0.594. The van der Waals surface area contributed by atoms with Gasteiger partial charge in [-0.25, -0.2) is 0 Å². The van der Waals surface area contributed by atoms with E-state index in [0.29, 0.717) is 12.0 Å². The molecule has 2 aliphatic carbocycles. The Bertz CT molecular complexity index is 650. The monoisotopic (exact) mass is 334 g/mol. The zero-order chi connectivity index (χ0) is 17.9. The zero-order valence-electron chi connectivity index (χ0n) is 15.1. The summed E-state index contributed by atoms with van der Waals surface area (Å²) in [5.41, 5.74) is 1.01. The van der Waals surface area contributed by atoms with Crippen LogP contribution in [0.25, 0.3) is 0 Å². The van der Waals surface area contributed by atoms with Crippen molar-refractivity contribution in [1.82, 2.24) is 0 Å². The Hall–Kier alpha value is -1.26. The number of fused-ring (bicyclic) bond motifs is 2. The number of aryl methyl sites for hydroxylation is 1. The van der Waals surface area contributed by atoms with Crippen molar-refractivity contribution in [3.8, 4) is 11.5 Å². The van der Waals surface area contributed by atoms with Gasteiger partial charge in [-0.2, -0.15) is 0 Å². The average molecular weight is 334 g/mol. The van der Waals surface area contributed by atoms with Crippen molar-refractivity contribution in [3.05, 3.63) is 22.8 Å². The maximum atomic E-state index is 11.4. The highest BCUT2D eigenvalue weighted by Gasteiger charge is 2.54. The van der Waals surface area contributed by atoms with Crippen LogP contribution in [0.2, 0.25) is 0 Å². The highest BCUT2D eigenvalue weighted by Crippen LogP contribution is 2.53. The van der Waals surface area contributed by atoms with Gasteiger partial charge in [0.05, 0.1) is 11.7 Å². The van der Waals surface area contributed by atoms with Crippen LogP contribution in [0.3, 0.4) is 0 Å². The van der Waals surface area contributed by atoms with Crippen molar-refractivity contribution in [2.75, 3.05) is 0 Å². The van der Waals surface area contributed by atoms with Crippen LogP contribution in [0, 0.1) is 11.3 Å². The van der Waals surface area contributed by atoms with Crippen LogP contribution in [-0.4, -0.2) is 32.1 Å². The second kappa shape index (κ2) is 5.63. The zero-order valence-corrected chi connectivity index (χ0v) is 15.1. The minimum absolute atomic E-state index is 0.0369. The molecule has 3 atom stereocenters. The predicted octanol–water partition coefficient (Wildman–Crippen LogP) is 3.24. The summed E-state index contributed by atoms with van der Waals surface area (Å²) in [5, 5.41) is 42.9. The average Bonchev–Trinajstić information content (AvgIpc) is 2.65. The molecule has 3 rings (SSSR count). The third-order valence-electron chi connectivity index (χ3n) is 6.47. The molecule has 4 nitrogen and oxygen atoms in total. The normalized spacial score (nSPS) is 32.1. The lowest BCUT2D eigenvalue weighted by Gasteiger charge is -2.51. The molecule has 4 N–H and O–H groups in total. The molecule has 24 heavy (non-hydrogen) atoms. The van der Waals surface area contributed by atoms with E-state index in [9.17, 15) is 20.4 Å². The van der Waals surface area contributed by atoms with Crippen LogP contribution in [0.4, 0.5) is 0 Å². The molecular weight excluding hydrogens is 304 g/mol. The number of aromatic hydroxyl groups is 2. The Labute approximate surface area is 144 Å². The first-order valence-electron chi connectivity index (χ1n) is 9.05. The van der Waals surface area contributed by atoms with E-state index in [1.807, 2.05) is 19.9 Å². The molecule has 0 amide bonds. The summed E-state index contributed by atoms with van der Waals surface area (Å²) in [6.07, 6.45) is 2.35. The molecule has 1 aromatic rings. The maximum absolute atomic E-state index is 11.4. The number of hydrogen-bond acceptors (Lipinski definition) is 4. The van der Waals surface area contributed by atoms with E-state index in [0.717, 1.165) is 30.4 Å². The van der Waals surface area contributed by atoms with E-state index < -0.39 is 11.7 Å². The van der Waals surface area contributed by atoms with Gasteiger partial charge in [0.25, 0.3) is 0 Å². The minimum Gasteiger partial charge on any atom is -0.504 e. The topological polar surface area (TPSA) is 80.9 Å². The third-order valence-corrected chi connectivity index (χ3v) is 6.47. The SMILES string of the molecule is CC(C)c1cc2c(c(O)c1O)C[C@@]1(O)[C@@H](O)CCC(C)(C)[C@@H]1CC2. The van der Waals surface area contributed by atoms with Crippen molar-refractivity contribution in [2.24, 2.45) is 11.3 Å². The van der Waals surface area contributed by atoms with Crippen LogP contribution in [0.15, 0.2) is 6.07 Å². The smallest absolute Gasteiger partial charge is 0.161 e. The lowest BCUT2D eigenvalue weighted by molar-refractivity contribution is -0.174. The number of benzene rings is 1. The fourth-order valence-electron chi connectivity index (χ4n) is 4.94. The number of phenolic OH excluding ortho intramolecular Hbond substituents is 2. The summed E-state index contributed by atoms with van der Waals surface area (Å²) in [6, 6.07) is 1.97. The Balaban J connectivity index is 2.13. The molecule has 0 unspecified atom stereocenters. The molecule has 0 radical (unpaired) electrons. The third kappa shape index (κ3) is 2.51. The van der Waals surface area contributed by atoms with Crippen molar-refractivity contribution in [3.63, 3.8) is 0 Å². The summed E-state index contributed by atoms with van der Waals surface area (Å²) in [7, 11) is 0. The van der Waals surface area contributed by atoms with Gasteiger partial charge >= 0.3 is 0 Å². The summed E-state index contributed by atoms with van der Waals surface area (Å²) < 4.78 is 0. The molecule has 0 saturated heterocycles. The second-order valence-corrected chi connectivity index (χ2v) is 8.76. The van der Waals surface area contributed by atoms with Gasteiger partial charge in [0.1, 0.15) is 0 Å². The Morgan fingerprint density at radius 3 is 2.42 bits per heavy atom. The Morgan fingerprint density at radius 1 is 1.12 bits per heavy atom.